The van der Waals surface area contributed by atoms with E-state index in [0.717, 1.165) is 139 Å². The number of rotatable bonds is 26. The summed E-state index contributed by atoms with van der Waals surface area (Å²) in [4.78, 5) is 58.4. The van der Waals surface area contributed by atoms with Crippen molar-refractivity contribution in [3.8, 4) is 0 Å². The van der Waals surface area contributed by atoms with Crippen LogP contribution in [0.3, 0.4) is 0 Å². The van der Waals surface area contributed by atoms with Gasteiger partial charge in [-0.1, -0.05) is 118 Å². The van der Waals surface area contributed by atoms with E-state index in [-0.39, 0.29) is 52.7 Å². The van der Waals surface area contributed by atoms with Gasteiger partial charge in [0.25, 0.3) is 0 Å². The molecular weight excluding hydrogens is 1000 g/mol. The second-order valence-electron chi connectivity index (χ2n) is 24.9. The average Bonchev–Trinajstić information content (AvgIpc) is 3.23. The van der Waals surface area contributed by atoms with Gasteiger partial charge < -0.3 is 25.0 Å². The fourth-order valence-electron chi connectivity index (χ4n) is 14.6. The van der Waals surface area contributed by atoms with Crippen molar-refractivity contribution in [1.82, 2.24) is 15.2 Å². The molecule has 10 heteroatoms. The van der Waals surface area contributed by atoms with Gasteiger partial charge in [0.2, 0.25) is 23.4 Å². The highest BCUT2D eigenvalue weighted by Crippen LogP contribution is 2.54. The molecule has 2 N–H and O–H groups in total. The number of hydrogen-bond donors (Lipinski definition) is 2. The van der Waals surface area contributed by atoms with Gasteiger partial charge in [0, 0.05) is 102 Å². The Morgan fingerprint density at radius 2 is 1.46 bits per heavy atom. The van der Waals surface area contributed by atoms with Crippen LogP contribution in [0.1, 0.15) is 188 Å². The van der Waals surface area contributed by atoms with Crippen molar-refractivity contribution in [3.63, 3.8) is 0 Å². The Labute approximate surface area is 483 Å². The normalized spacial score (nSPS) is 20.3. The van der Waals surface area contributed by atoms with Crippen molar-refractivity contribution >= 4 is 57.2 Å². The van der Waals surface area contributed by atoms with Crippen molar-refractivity contribution in [3.05, 3.63) is 148 Å². The molecule has 4 aromatic carbocycles. The standard InChI is InChI=1S/C71H90N6O4/c1-6-51-25-19-31-57(47-51)74(7-2)66(80)50-77-60-34-15-14-26-56(60)49-61(77)62(78)48-52-38-40-55(41-39-52)69(81)73-44-18-11-9-8-10-17-43-72-65(79)37-13-12-16-42-71(5)59-33-21-28-54-30-24-46-76(68(54)59)64(71)36-22-35-63-70(3,4)58-32-20-27-53-29-23-45-75(63)67(53)58/h14-15,19-22,25-28,31-36,47,49,52,55H,6-13,16-18,23-24,29-30,37-46,48,50H2,1-5H3,(H-,72,73,79,81)/p+1. The number of allylic oxidation sites excluding steroid dienone is 4. The Hall–Kier alpha value is -6.55. The van der Waals surface area contributed by atoms with E-state index < -0.39 is 0 Å². The Balaban J connectivity index is 0.593. The molecule has 1 aliphatic carbocycles. The fraction of sp³-hybridized carbons (Fsp3) is 0.507. The number of carbonyl (C=O) groups excluding carboxylic acids is 4. The second-order valence-corrected chi connectivity index (χ2v) is 24.9. The molecule has 5 heterocycles. The molecule has 4 aliphatic heterocycles. The highest BCUT2D eigenvalue weighted by atomic mass is 16.2. The molecule has 3 amide bonds. The van der Waals surface area contributed by atoms with E-state index in [2.05, 4.69) is 115 Å². The highest BCUT2D eigenvalue weighted by molar-refractivity contribution is 6.04. The summed E-state index contributed by atoms with van der Waals surface area (Å²) in [6.07, 6.45) is 27.6. The first-order chi connectivity index (χ1) is 39.4. The molecule has 1 atom stereocenters. The third kappa shape index (κ3) is 12.6. The van der Waals surface area contributed by atoms with Gasteiger partial charge in [-0.15, -0.1) is 0 Å². The number of likely N-dealkylation sites (N-methyl/N-ethyl adjacent to an activating group) is 1. The zero-order valence-electron chi connectivity index (χ0n) is 49.6. The topological polar surface area (TPSA) is 107 Å². The molecule has 1 aromatic heterocycles. The van der Waals surface area contributed by atoms with E-state index >= 15 is 0 Å². The zero-order chi connectivity index (χ0) is 56.5. The van der Waals surface area contributed by atoms with Crippen molar-refractivity contribution in [1.29, 1.82) is 0 Å². The molecule has 428 valence electrons. The number of carbonyl (C=O) groups is 4. The molecule has 0 spiro atoms. The van der Waals surface area contributed by atoms with Crippen LogP contribution in [0.2, 0.25) is 0 Å². The van der Waals surface area contributed by atoms with E-state index in [1.165, 1.54) is 69.9 Å². The number of nitrogens with zero attached hydrogens (tertiary/aromatic N) is 4. The van der Waals surface area contributed by atoms with Crippen LogP contribution in [0.4, 0.5) is 17.1 Å². The highest BCUT2D eigenvalue weighted by Gasteiger charge is 2.47. The number of amides is 3. The monoisotopic (exact) mass is 1090 g/mol. The molecule has 0 radical (unpaired) electrons. The van der Waals surface area contributed by atoms with Gasteiger partial charge in [0.15, 0.2) is 11.5 Å². The lowest BCUT2D eigenvalue weighted by Gasteiger charge is -2.32. The van der Waals surface area contributed by atoms with E-state index in [0.29, 0.717) is 31.6 Å². The number of hydrogen-bond acceptors (Lipinski definition) is 5. The molecular formula is C71H91N6O4+. The van der Waals surface area contributed by atoms with Gasteiger partial charge in [0.05, 0.1) is 11.1 Å². The first kappa shape index (κ1) is 57.7. The molecule has 1 saturated carbocycles. The SMILES string of the molecule is CCc1cccc(N(CC)C(=O)Cn2c(C(=O)CC3CCC(C(=O)NCCCCCCCCNC(=O)CCCCCC4(C)/C(=C/C=C/C5=[N+]6CCCc7cccc(c76)C5(C)C)N5CCCc6cccc4c65)CC3)cc3ccccc32)c1. The van der Waals surface area contributed by atoms with Crippen molar-refractivity contribution < 1.29 is 23.8 Å². The van der Waals surface area contributed by atoms with Crippen LogP contribution in [0.15, 0.2) is 115 Å². The molecule has 5 aliphatic rings. The quantitative estimate of drug-likeness (QED) is 0.0326. The lowest BCUT2D eigenvalue weighted by Crippen LogP contribution is -2.35. The van der Waals surface area contributed by atoms with Crippen LogP contribution in [0, 0.1) is 11.8 Å². The number of ketones is 1. The number of anilines is 2. The summed E-state index contributed by atoms with van der Waals surface area (Å²) in [5, 5.41) is 7.36. The summed E-state index contributed by atoms with van der Waals surface area (Å²) in [5.41, 5.74) is 15.1. The summed E-state index contributed by atoms with van der Waals surface area (Å²) >= 11 is 0. The summed E-state index contributed by atoms with van der Waals surface area (Å²) in [7, 11) is 0. The van der Waals surface area contributed by atoms with Gasteiger partial charge in [-0.2, -0.15) is 4.58 Å². The number of benzene rings is 4. The number of para-hydroxylation sites is 3. The zero-order valence-corrected chi connectivity index (χ0v) is 49.6. The number of fused-ring (bicyclic) bond motifs is 1. The summed E-state index contributed by atoms with van der Waals surface area (Å²) in [6, 6.07) is 31.9. The van der Waals surface area contributed by atoms with Crippen molar-refractivity contribution in [2.24, 2.45) is 11.8 Å². The number of Topliss-reactive ketones (excluding diaryl/α,β-unsaturated/α-hetero) is 1. The predicted molar refractivity (Wildman–Crippen MR) is 331 cm³/mol. The third-order valence-electron chi connectivity index (χ3n) is 19.1. The molecule has 10 rings (SSSR count). The van der Waals surface area contributed by atoms with Gasteiger partial charge in [-0.05, 0) is 158 Å². The minimum absolute atomic E-state index is 0.00457. The van der Waals surface area contributed by atoms with Crippen LogP contribution in [-0.4, -0.2) is 71.1 Å². The molecule has 1 unspecified atom stereocenters. The molecule has 10 nitrogen and oxygen atoms in total. The van der Waals surface area contributed by atoms with Crippen molar-refractivity contribution in [2.75, 3.05) is 42.5 Å². The summed E-state index contributed by atoms with van der Waals surface area (Å²) in [6.45, 7) is 15.6. The van der Waals surface area contributed by atoms with Crippen LogP contribution < -0.4 is 20.4 Å². The first-order valence-electron chi connectivity index (χ1n) is 31.5. The van der Waals surface area contributed by atoms with E-state index in [1.54, 1.807) is 0 Å². The summed E-state index contributed by atoms with van der Waals surface area (Å²) < 4.78 is 4.51. The fourth-order valence-corrected chi connectivity index (χ4v) is 14.6. The average molecular weight is 1090 g/mol. The van der Waals surface area contributed by atoms with Crippen LogP contribution in [-0.2, 0) is 51.0 Å². The molecule has 0 bridgehead atoms. The Kier molecular flexibility index (Phi) is 18.6. The molecule has 5 aromatic rings. The van der Waals surface area contributed by atoms with E-state index in [1.807, 2.05) is 58.9 Å². The first-order valence-corrected chi connectivity index (χ1v) is 31.5. The van der Waals surface area contributed by atoms with Gasteiger partial charge in [0.1, 0.15) is 13.1 Å². The maximum Gasteiger partial charge on any atom is 0.246 e. The van der Waals surface area contributed by atoms with Gasteiger partial charge >= 0.3 is 0 Å². The summed E-state index contributed by atoms with van der Waals surface area (Å²) in [5.74, 6) is 0.557. The maximum atomic E-state index is 14.0. The molecule has 1 fully saturated rings. The maximum absolute atomic E-state index is 14.0. The Bertz CT molecular complexity index is 3190. The minimum atomic E-state index is -0.0716. The minimum Gasteiger partial charge on any atom is -0.356 e. The largest absolute Gasteiger partial charge is 0.356 e. The smallest absolute Gasteiger partial charge is 0.246 e. The Morgan fingerprint density at radius 3 is 2.25 bits per heavy atom. The van der Waals surface area contributed by atoms with Crippen LogP contribution in [0.25, 0.3) is 10.9 Å². The number of unbranched alkanes of at least 4 members (excludes halogenated alkanes) is 7. The van der Waals surface area contributed by atoms with E-state index in [9.17, 15) is 19.2 Å². The second kappa shape index (κ2) is 26.1. The number of nitrogens with one attached hydrogen (secondary N) is 2. The predicted octanol–water partition coefficient (Wildman–Crippen LogP) is 14.3. The van der Waals surface area contributed by atoms with E-state index in [4.69, 9.17) is 0 Å². The van der Waals surface area contributed by atoms with Gasteiger partial charge in [-0.3, -0.25) is 19.2 Å². The van der Waals surface area contributed by atoms with Crippen LogP contribution in [0.5, 0.6) is 0 Å². The van der Waals surface area contributed by atoms with Gasteiger partial charge in [-0.25, -0.2) is 0 Å². The lowest BCUT2D eigenvalue weighted by atomic mass is 9.76. The number of aromatic nitrogens is 1. The third-order valence-corrected chi connectivity index (χ3v) is 19.1. The lowest BCUT2D eigenvalue weighted by molar-refractivity contribution is -0.443. The number of aryl methyl sites for hydroxylation is 3. The molecule has 0 saturated heterocycles. The van der Waals surface area contributed by atoms with Crippen LogP contribution >= 0.6 is 0 Å². The Morgan fingerprint density at radius 1 is 0.741 bits per heavy atom. The molecule has 81 heavy (non-hydrogen) atoms. The van der Waals surface area contributed by atoms with Crippen molar-refractivity contribution in [2.45, 2.75) is 187 Å².